The van der Waals surface area contributed by atoms with Gasteiger partial charge in [0, 0.05) is 17.5 Å². The Morgan fingerprint density at radius 1 is 1.45 bits per heavy atom. The Bertz CT molecular complexity index is 483. The molecule has 0 atom stereocenters. The quantitative estimate of drug-likeness (QED) is 0.199. The Hall–Kier alpha value is -2.31. The van der Waals surface area contributed by atoms with Crippen molar-refractivity contribution < 1.29 is 14.9 Å². The van der Waals surface area contributed by atoms with Gasteiger partial charge in [-0.25, -0.2) is 0 Å². The number of rotatable bonds is 7. The van der Waals surface area contributed by atoms with Crippen LogP contribution in [0.5, 0.6) is 5.75 Å². The van der Waals surface area contributed by atoms with Crippen molar-refractivity contribution in [1.82, 2.24) is 0 Å². The number of amidine groups is 1. The summed E-state index contributed by atoms with van der Waals surface area (Å²) in [5.41, 5.74) is 5.22. The Kier molecular flexibility index (Phi) is 5.31. The summed E-state index contributed by atoms with van der Waals surface area (Å²) in [6.07, 6.45) is 1.43. The fraction of sp³-hybridized carbons (Fsp3) is 0.462. The standard InChI is InChI=1S/C13H19N3O4/c1-13(2,12(14)15-17)8-3-9-20-11-6-4-10(5-7-11)16(18)19/h4-7,17H,3,8-9H2,1-2H3,(H2,14,15). The van der Waals surface area contributed by atoms with Gasteiger partial charge in [0.05, 0.1) is 11.5 Å². The topological polar surface area (TPSA) is 111 Å². The Morgan fingerprint density at radius 3 is 2.55 bits per heavy atom. The van der Waals surface area contributed by atoms with E-state index < -0.39 is 10.3 Å². The summed E-state index contributed by atoms with van der Waals surface area (Å²) in [5.74, 6) is 0.769. The van der Waals surface area contributed by atoms with Crippen LogP contribution in [0, 0.1) is 15.5 Å². The zero-order chi connectivity index (χ0) is 15.2. The van der Waals surface area contributed by atoms with Crippen LogP contribution in [0.4, 0.5) is 5.69 Å². The molecule has 0 saturated carbocycles. The predicted octanol–water partition coefficient (Wildman–Crippen LogP) is 2.53. The van der Waals surface area contributed by atoms with E-state index in [1.807, 2.05) is 13.8 Å². The van der Waals surface area contributed by atoms with Crippen molar-refractivity contribution in [2.24, 2.45) is 16.3 Å². The van der Waals surface area contributed by atoms with E-state index in [-0.39, 0.29) is 11.5 Å². The van der Waals surface area contributed by atoms with Crippen molar-refractivity contribution in [3.63, 3.8) is 0 Å². The van der Waals surface area contributed by atoms with Crippen LogP contribution in [-0.2, 0) is 0 Å². The fourth-order valence-corrected chi connectivity index (χ4v) is 1.63. The second-order valence-electron chi connectivity index (χ2n) is 5.07. The molecule has 0 spiro atoms. The van der Waals surface area contributed by atoms with Gasteiger partial charge in [0.25, 0.3) is 5.69 Å². The lowest BCUT2D eigenvalue weighted by Crippen LogP contribution is -2.32. The van der Waals surface area contributed by atoms with Crippen LogP contribution in [0.3, 0.4) is 0 Å². The largest absolute Gasteiger partial charge is 0.494 e. The van der Waals surface area contributed by atoms with Gasteiger partial charge in [-0.05, 0) is 25.0 Å². The first-order valence-electron chi connectivity index (χ1n) is 6.22. The lowest BCUT2D eigenvalue weighted by Gasteiger charge is -2.22. The minimum absolute atomic E-state index is 0.0328. The molecule has 0 unspecified atom stereocenters. The van der Waals surface area contributed by atoms with E-state index in [1.54, 1.807) is 12.1 Å². The van der Waals surface area contributed by atoms with E-state index >= 15 is 0 Å². The molecule has 110 valence electrons. The Balaban J connectivity index is 2.40. The Labute approximate surface area is 117 Å². The monoisotopic (exact) mass is 281 g/mol. The van der Waals surface area contributed by atoms with Gasteiger partial charge in [0.1, 0.15) is 11.6 Å². The number of benzene rings is 1. The maximum Gasteiger partial charge on any atom is 0.269 e. The molecular formula is C13H19N3O4. The zero-order valence-electron chi connectivity index (χ0n) is 11.6. The van der Waals surface area contributed by atoms with Gasteiger partial charge < -0.3 is 15.7 Å². The van der Waals surface area contributed by atoms with Crippen LogP contribution < -0.4 is 10.5 Å². The van der Waals surface area contributed by atoms with Crippen molar-refractivity contribution >= 4 is 11.5 Å². The summed E-state index contributed by atoms with van der Waals surface area (Å²) >= 11 is 0. The number of ether oxygens (including phenoxy) is 1. The molecule has 1 aromatic carbocycles. The lowest BCUT2D eigenvalue weighted by atomic mass is 9.87. The highest BCUT2D eigenvalue weighted by atomic mass is 16.6. The molecule has 20 heavy (non-hydrogen) atoms. The average molecular weight is 281 g/mol. The van der Waals surface area contributed by atoms with E-state index in [0.717, 1.165) is 6.42 Å². The molecule has 0 aliphatic rings. The SMILES string of the molecule is CC(C)(CCCOc1ccc([N+](=O)[O-])cc1)C(N)=NO. The van der Waals surface area contributed by atoms with Crippen LogP contribution >= 0.6 is 0 Å². The molecule has 0 aromatic heterocycles. The lowest BCUT2D eigenvalue weighted by molar-refractivity contribution is -0.384. The van der Waals surface area contributed by atoms with Gasteiger partial charge in [0.2, 0.25) is 0 Å². The molecule has 0 heterocycles. The third kappa shape index (κ3) is 4.42. The number of nitro benzene ring substituents is 1. The number of non-ortho nitro benzene ring substituents is 1. The van der Waals surface area contributed by atoms with Crippen molar-refractivity contribution in [3.05, 3.63) is 34.4 Å². The van der Waals surface area contributed by atoms with Gasteiger partial charge in [0.15, 0.2) is 0 Å². The smallest absolute Gasteiger partial charge is 0.269 e. The van der Waals surface area contributed by atoms with Crippen molar-refractivity contribution in [2.75, 3.05) is 6.61 Å². The fourth-order valence-electron chi connectivity index (χ4n) is 1.63. The molecule has 3 N–H and O–H groups in total. The summed E-state index contributed by atoms with van der Waals surface area (Å²) in [6, 6.07) is 5.92. The van der Waals surface area contributed by atoms with Crippen LogP contribution in [0.2, 0.25) is 0 Å². The number of nitrogens with zero attached hydrogens (tertiary/aromatic N) is 2. The second kappa shape index (κ2) is 6.74. The first-order chi connectivity index (χ1) is 9.36. The molecule has 0 saturated heterocycles. The van der Waals surface area contributed by atoms with E-state index in [4.69, 9.17) is 15.7 Å². The van der Waals surface area contributed by atoms with E-state index in [0.29, 0.717) is 18.8 Å². The number of oxime groups is 1. The van der Waals surface area contributed by atoms with Crippen molar-refractivity contribution in [2.45, 2.75) is 26.7 Å². The van der Waals surface area contributed by atoms with E-state index in [1.165, 1.54) is 12.1 Å². The zero-order valence-corrected chi connectivity index (χ0v) is 11.6. The van der Waals surface area contributed by atoms with E-state index in [2.05, 4.69) is 5.16 Å². The molecule has 1 aromatic rings. The van der Waals surface area contributed by atoms with E-state index in [9.17, 15) is 10.1 Å². The maximum atomic E-state index is 10.5. The summed E-state index contributed by atoms with van der Waals surface area (Å²) in [6.45, 7) is 4.22. The van der Waals surface area contributed by atoms with Crippen LogP contribution in [0.15, 0.2) is 29.4 Å². The first kappa shape index (κ1) is 15.7. The van der Waals surface area contributed by atoms with Crippen LogP contribution in [0.25, 0.3) is 0 Å². The van der Waals surface area contributed by atoms with Gasteiger partial charge in [-0.2, -0.15) is 0 Å². The highest BCUT2D eigenvalue weighted by Crippen LogP contribution is 2.23. The maximum absolute atomic E-state index is 10.5. The highest BCUT2D eigenvalue weighted by Gasteiger charge is 2.22. The highest BCUT2D eigenvalue weighted by molar-refractivity contribution is 5.85. The minimum Gasteiger partial charge on any atom is -0.494 e. The molecular weight excluding hydrogens is 262 g/mol. The molecule has 7 nitrogen and oxygen atoms in total. The Morgan fingerprint density at radius 2 is 2.05 bits per heavy atom. The molecule has 1 rings (SSSR count). The average Bonchev–Trinajstić information content (AvgIpc) is 2.43. The molecule has 0 aliphatic heterocycles. The van der Waals surface area contributed by atoms with Crippen molar-refractivity contribution in [1.29, 1.82) is 0 Å². The first-order valence-corrected chi connectivity index (χ1v) is 6.22. The number of nitro groups is 1. The molecule has 7 heteroatoms. The summed E-state index contributed by atoms with van der Waals surface area (Å²) in [4.78, 5) is 10.0. The molecule has 0 fully saturated rings. The number of hydrogen-bond acceptors (Lipinski definition) is 5. The second-order valence-corrected chi connectivity index (χ2v) is 5.07. The number of hydrogen-bond donors (Lipinski definition) is 2. The van der Waals surface area contributed by atoms with Gasteiger partial charge in [-0.15, -0.1) is 0 Å². The van der Waals surface area contributed by atoms with Gasteiger partial charge >= 0.3 is 0 Å². The molecule has 0 amide bonds. The van der Waals surface area contributed by atoms with Crippen molar-refractivity contribution in [3.8, 4) is 5.75 Å². The van der Waals surface area contributed by atoms with Gasteiger partial charge in [-0.1, -0.05) is 19.0 Å². The van der Waals surface area contributed by atoms with Gasteiger partial charge in [-0.3, -0.25) is 10.1 Å². The summed E-state index contributed by atoms with van der Waals surface area (Å²) in [7, 11) is 0. The predicted molar refractivity (Wildman–Crippen MR) is 75.0 cm³/mol. The normalized spacial score (nSPS) is 12.2. The summed E-state index contributed by atoms with van der Waals surface area (Å²) in [5, 5.41) is 22.2. The third-order valence-electron chi connectivity index (χ3n) is 3.06. The van der Waals surface area contributed by atoms with Crippen LogP contribution in [0.1, 0.15) is 26.7 Å². The molecule has 0 radical (unpaired) electrons. The molecule has 0 aliphatic carbocycles. The number of nitrogens with two attached hydrogens (primary N) is 1. The summed E-state index contributed by atoms with van der Waals surface area (Å²) < 4.78 is 5.48. The third-order valence-corrected chi connectivity index (χ3v) is 3.06. The van der Waals surface area contributed by atoms with Crippen LogP contribution in [-0.4, -0.2) is 22.6 Å². The molecule has 0 bridgehead atoms. The minimum atomic E-state index is -0.455.